The first-order valence-electron chi connectivity index (χ1n) is 11.0. The molecule has 0 saturated carbocycles. The largest absolute Gasteiger partial charge is 0.326 e. The molecule has 9 nitrogen and oxygen atoms in total. The summed E-state index contributed by atoms with van der Waals surface area (Å²) in [6.07, 6.45) is 7.53. The number of nitrogens with zero attached hydrogens (tertiary/aromatic N) is 4. The highest BCUT2D eigenvalue weighted by molar-refractivity contribution is 7.90. The van der Waals surface area contributed by atoms with E-state index in [0.717, 1.165) is 28.6 Å². The summed E-state index contributed by atoms with van der Waals surface area (Å²) in [5, 5.41) is 5.11. The lowest BCUT2D eigenvalue weighted by atomic mass is 10.0. The molecule has 1 aliphatic heterocycles. The Hall–Kier alpha value is -3.96. The summed E-state index contributed by atoms with van der Waals surface area (Å²) >= 11 is 1.30. The van der Waals surface area contributed by atoms with Crippen molar-refractivity contribution in [3.05, 3.63) is 78.2 Å². The highest BCUT2D eigenvalue weighted by Crippen LogP contribution is 2.30. The number of carbonyl (C=O) groups excluding carboxylic acids is 2. The van der Waals surface area contributed by atoms with Crippen LogP contribution < -0.4 is 5.32 Å². The lowest BCUT2D eigenvalue weighted by Gasteiger charge is -2.39. The van der Waals surface area contributed by atoms with E-state index >= 15 is 0 Å². The SMILES string of the molecule is CS(=O)(=O)c1cncc(C(=O)N2CC[C@H]2C(=O)Nc2nc(-c3cccc(-c4ccncc4)c3)cs2)c1. The molecule has 2 amide bonds. The molecule has 1 N–H and O–H groups in total. The highest BCUT2D eigenvalue weighted by Gasteiger charge is 2.38. The first-order chi connectivity index (χ1) is 17.3. The van der Waals surface area contributed by atoms with Gasteiger partial charge in [-0.25, -0.2) is 13.4 Å². The smallest absolute Gasteiger partial charge is 0.256 e. The summed E-state index contributed by atoms with van der Waals surface area (Å²) in [5.41, 5.74) is 3.85. The first kappa shape index (κ1) is 23.8. The topological polar surface area (TPSA) is 122 Å². The molecule has 1 atom stereocenters. The van der Waals surface area contributed by atoms with Gasteiger partial charge in [0.25, 0.3) is 5.91 Å². The average molecular weight is 520 g/mol. The van der Waals surface area contributed by atoms with Crippen molar-refractivity contribution >= 4 is 38.1 Å². The van der Waals surface area contributed by atoms with Gasteiger partial charge in [0, 0.05) is 48.5 Å². The van der Waals surface area contributed by atoms with Crippen LogP contribution in [0.1, 0.15) is 16.8 Å². The minimum atomic E-state index is -3.51. The number of benzene rings is 1. The van der Waals surface area contributed by atoms with Crippen LogP contribution in [0, 0.1) is 0 Å². The van der Waals surface area contributed by atoms with E-state index in [1.807, 2.05) is 41.8 Å². The average Bonchev–Trinajstić information content (AvgIpc) is 3.32. The van der Waals surface area contributed by atoms with Gasteiger partial charge in [0.15, 0.2) is 15.0 Å². The quantitative estimate of drug-likeness (QED) is 0.414. The predicted octanol–water partition coefficient (Wildman–Crippen LogP) is 3.52. The van der Waals surface area contributed by atoms with E-state index in [1.165, 1.54) is 34.7 Å². The Labute approximate surface area is 211 Å². The van der Waals surface area contributed by atoms with Crippen LogP contribution in [0.2, 0.25) is 0 Å². The summed E-state index contributed by atoms with van der Waals surface area (Å²) in [7, 11) is -3.51. The Kier molecular flexibility index (Phi) is 6.33. The van der Waals surface area contributed by atoms with Crippen molar-refractivity contribution in [3.63, 3.8) is 0 Å². The Morgan fingerprint density at radius 3 is 2.53 bits per heavy atom. The number of amides is 2. The molecule has 5 rings (SSSR count). The summed E-state index contributed by atoms with van der Waals surface area (Å²) in [5.74, 6) is -0.777. The van der Waals surface area contributed by atoms with E-state index in [-0.39, 0.29) is 16.4 Å². The van der Waals surface area contributed by atoms with Crippen LogP contribution in [0.3, 0.4) is 0 Å². The molecule has 1 saturated heterocycles. The molecule has 11 heteroatoms. The van der Waals surface area contributed by atoms with Crippen molar-refractivity contribution in [2.45, 2.75) is 17.4 Å². The van der Waals surface area contributed by atoms with Crippen LogP contribution in [-0.4, -0.2) is 58.9 Å². The van der Waals surface area contributed by atoms with Gasteiger partial charge in [-0.15, -0.1) is 11.3 Å². The molecule has 0 radical (unpaired) electrons. The van der Waals surface area contributed by atoms with Crippen LogP contribution in [0.25, 0.3) is 22.4 Å². The summed E-state index contributed by atoms with van der Waals surface area (Å²) in [4.78, 5) is 39.6. The van der Waals surface area contributed by atoms with Gasteiger partial charge in [-0.1, -0.05) is 18.2 Å². The standard InChI is InChI=1S/C25H21N5O4S2/c1-36(33,34)20-12-19(13-27-14-20)24(32)30-10-7-22(30)23(31)29-25-28-21(15-35-25)18-4-2-3-17(11-18)16-5-8-26-9-6-16/h2-6,8-9,11-15,22H,7,10H2,1H3,(H,28,29,31)/t22-/m0/s1. The Morgan fingerprint density at radius 1 is 1.03 bits per heavy atom. The van der Waals surface area contributed by atoms with Gasteiger partial charge in [-0.05, 0) is 41.8 Å². The van der Waals surface area contributed by atoms with Gasteiger partial charge < -0.3 is 10.2 Å². The number of likely N-dealkylation sites (tertiary alicyclic amines) is 1. The van der Waals surface area contributed by atoms with Gasteiger partial charge >= 0.3 is 0 Å². The van der Waals surface area contributed by atoms with Gasteiger partial charge in [0.2, 0.25) is 5.91 Å². The second-order valence-corrected chi connectivity index (χ2v) is 11.2. The van der Waals surface area contributed by atoms with E-state index in [0.29, 0.717) is 18.1 Å². The first-order valence-corrected chi connectivity index (χ1v) is 13.8. The fraction of sp³-hybridized carbons (Fsp3) is 0.160. The molecule has 0 aliphatic carbocycles. The number of thiazole rings is 1. The third-order valence-electron chi connectivity index (χ3n) is 5.88. The summed E-state index contributed by atoms with van der Waals surface area (Å²) < 4.78 is 23.6. The van der Waals surface area contributed by atoms with Crippen molar-refractivity contribution in [1.82, 2.24) is 19.9 Å². The minimum Gasteiger partial charge on any atom is -0.326 e. The molecular weight excluding hydrogens is 498 g/mol. The fourth-order valence-corrected chi connectivity index (χ4v) is 5.18. The van der Waals surface area contributed by atoms with Crippen LogP contribution >= 0.6 is 11.3 Å². The van der Waals surface area contributed by atoms with Crippen molar-refractivity contribution in [1.29, 1.82) is 0 Å². The molecule has 0 spiro atoms. The van der Waals surface area contributed by atoms with Gasteiger partial charge in [-0.2, -0.15) is 0 Å². The number of sulfone groups is 1. The Bertz CT molecular complexity index is 1550. The normalized spacial score (nSPS) is 15.2. The Morgan fingerprint density at radius 2 is 1.81 bits per heavy atom. The number of pyridine rings is 2. The third kappa shape index (κ3) is 4.88. The number of nitrogens with one attached hydrogen (secondary N) is 1. The number of rotatable bonds is 6. The maximum Gasteiger partial charge on any atom is 0.256 e. The fourth-order valence-electron chi connectivity index (χ4n) is 3.86. The van der Waals surface area contributed by atoms with Crippen molar-refractivity contribution in [2.75, 3.05) is 18.1 Å². The number of aromatic nitrogens is 3. The highest BCUT2D eigenvalue weighted by atomic mass is 32.2. The molecule has 4 aromatic rings. The number of carbonyl (C=O) groups is 2. The number of hydrogen-bond acceptors (Lipinski definition) is 8. The van der Waals surface area contributed by atoms with Crippen molar-refractivity contribution in [2.24, 2.45) is 0 Å². The van der Waals surface area contributed by atoms with Crippen LogP contribution in [0.15, 0.2) is 77.5 Å². The zero-order valence-electron chi connectivity index (χ0n) is 19.2. The monoisotopic (exact) mass is 519 g/mol. The number of hydrogen-bond donors (Lipinski definition) is 1. The zero-order chi connectivity index (χ0) is 25.3. The van der Waals surface area contributed by atoms with Crippen LogP contribution in [0.5, 0.6) is 0 Å². The summed E-state index contributed by atoms with van der Waals surface area (Å²) in [6.45, 7) is 0.394. The molecule has 182 valence electrons. The maximum atomic E-state index is 12.9. The van der Waals surface area contributed by atoms with Crippen molar-refractivity contribution in [3.8, 4) is 22.4 Å². The molecule has 0 unspecified atom stereocenters. The molecule has 36 heavy (non-hydrogen) atoms. The van der Waals surface area contributed by atoms with Crippen LogP contribution in [0.4, 0.5) is 5.13 Å². The van der Waals surface area contributed by atoms with Crippen molar-refractivity contribution < 1.29 is 18.0 Å². The molecule has 1 aromatic carbocycles. The van der Waals surface area contributed by atoms with Gasteiger partial charge in [-0.3, -0.25) is 19.6 Å². The molecule has 4 heterocycles. The molecule has 1 aliphatic rings. The minimum absolute atomic E-state index is 0.0433. The summed E-state index contributed by atoms with van der Waals surface area (Å²) in [6, 6.07) is 12.4. The molecule has 0 bridgehead atoms. The lowest BCUT2D eigenvalue weighted by Crippen LogP contribution is -2.56. The van der Waals surface area contributed by atoms with E-state index in [9.17, 15) is 18.0 Å². The predicted molar refractivity (Wildman–Crippen MR) is 136 cm³/mol. The van der Waals surface area contributed by atoms with E-state index in [2.05, 4.69) is 20.3 Å². The van der Waals surface area contributed by atoms with E-state index in [1.54, 1.807) is 12.4 Å². The molecule has 1 fully saturated rings. The van der Waals surface area contributed by atoms with Gasteiger partial charge in [0.05, 0.1) is 16.2 Å². The zero-order valence-corrected chi connectivity index (χ0v) is 20.8. The third-order valence-corrected chi connectivity index (χ3v) is 7.72. The second-order valence-electron chi connectivity index (χ2n) is 8.33. The number of anilines is 1. The van der Waals surface area contributed by atoms with E-state index in [4.69, 9.17) is 0 Å². The van der Waals surface area contributed by atoms with Gasteiger partial charge in [0.1, 0.15) is 6.04 Å². The molecular formula is C25H21N5O4S2. The second kappa shape index (κ2) is 9.59. The maximum absolute atomic E-state index is 12.9. The van der Waals surface area contributed by atoms with E-state index < -0.39 is 21.8 Å². The Balaban J connectivity index is 1.28. The lowest BCUT2D eigenvalue weighted by molar-refractivity contribution is -0.123. The molecule has 3 aromatic heterocycles. The van der Waals surface area contributed by atoms with Crippen LogP contribution in [-0.2, 0) is 14.6 Å².